The first-order valence-electron chi connectivity index (χ1n) is 7.14. The average Bonchev–Trinajstić information content (AvgIpc) is 2.89. The predicted molar refractivity (Wildman–Crippen MR) is 86.7 cm³/mol. The Balaban J connectivity index is 2.02. The Hall–Kier alpha value is -1.26. The molecule has 1 saturated heterocycles. The first-order chi connectivity index (χ1) is 10.2. The van der Waals surface area contributed by atoms with Gasteiger partial charge in [0.25, 0.3) is 0 Å². The fourth-order valence-corrected chi connectivity index (χ4v) is 2.65. The third kappa shape index (κ3) is 4.14. The van der Waals surface area contributed by atoms with E-state index in [0.717, 1.165) is 0 Å². The van der Waals surface area contributed by atoms with E-state index in [0.29, 0.717) is 35.1 Å². The summed E-state index contributed by atoms with van der Waals surface area (Å²) >= 11 is 11.8. The summed E-state index contributed by atoms with van der Waals surface area (Å²) in [6.45, 7) is 6.35. The number of ketones is 1. The van der Waals surface area contributed by atoms with Gasteiger partial charge in [-0.2, -0.15) is 0 Å². The van der Waals surface area contributed by atoms with Crippen molar-refractivity contribution in [2.45, 2.75) is 32.8 Å². The van der Waals surface area contributed by atoms with E-state index in [1.165, 1.54) is 0 Å². The van der Waals surface area contributed by atoms with E-state index < -0.39 is 5.60 Å². The van der Waals surface area contributed by atoms with Crippen molar-refractivity contribution < 1.29 is 14.3 Å². The molecule has 4 nitrogen and oxygen atoms in total. The average molecular weight is 344 g/mol. The van der Waals surface area contributed by atoms with Gasteiger partial charge >= 0.3 is 6.09 Å². The quantitative estimate of drug-likeness (QED) is 0.746. The Morgan fingerprint density at radius 1 is 1.23 bits per heavy atom. The van der Waals surface area contributed by atoms with Gasteiger partial charge in [0, 0.05) is 24.6 Å². The van der Waals surface area contributed by atoms with Crippen molar-refractivity contribution in [3.05, 3.63) is 33.8 Å². The van der Waals surface area contributed by atoms with Crippen LogP contribution in [-0.4, -0.2) is 35.5 Å². The van der Waals surface area contributed by atoms with Crippen LogP contribution in [0.3, 0.4) is 0 Å². The van der Waals surface area contributed by atoms with E-state index in [4.69, 9.17) is 27.9 Å². The summed E-state index contributed by atoms with van der Waals surface area (Å²) in [6, 6.07) is 4.84. The summed E-state index contributed by atoms with van der Waals surface area (Å²) in [7, 11) is 0. The lowest BCUT2D eigenvalue weighted by Gasteiger charge is -2.24. The molecule has 6 heteroatoms. The highest BCUT2D eigenvalue weighted by Crippen LogP contribution is 2.27. The van der Waals surface area contributed by atoms with Crippen LogP contribution in [-0.2, 0) is 4.74 Å². The zero-order chi connectivity index (χ0) is 16.5. The van der Waals surface area contributed by atoms with Gasteiger partial charge < -0.3 is 9.64 Å². The number of ether oxygens (including phenoxy) is 1. The molecule has 1 aliphatic rings. The SMILES string of the molecule is CC(C)(C)OC(=O)N1CC[C@@H](C(=O)c2ccc(Cl)c(Cl)c2)C1. The van der Waals surface area contributed by atoms with Crippen molar-refractivity contribution in [2.75, 3.05) is 13.1 Å². The molecule has 1 amide bonds. The van der Waals surface area contributed by atoms with Crippen LogP contribution in [0, 0.1) is 5.92 Å². The third-order valence-electron chi connectivity index (χ3n) is 3.41. The topological polar surface area (TPSA) is 46.6 Å². The van der Waals surface area contributed by atoms with Gasteiger partial charge in [-0.25, -0.2) is 4.79 Å². The molecule has 0 bridgehead atoms. The molecular weight excluding hydrogens is 325 g/mol. The van der Waals surface area contributed by atoms with Crippen LogP contribution in [0.5, 0.6) is 0 Å². The summed E-state index contributed by atoms with van der Waals surface area (Å²) in [5.74, 6) is -0.255. The molecule has 1 heterocycles. The smallest absolute Gasteiger partial charge is 0.410 e. The molecule has 1 fully saturated rings. The summed E-state index contributed by atoms with van der Waals surface area (Å²) in [5, 5.41) is 0.773. The Labute approximate surface area is 140 Å². The van der Waals surface area contributed by atoms with Crippen molar-refractivity contribution in [1.82, 2.24) is 4.90 Å². The summed E-state index contributed by atoms with van der Waals surface area (Å²) in [5.41, 5.74) is -0.0199. The van der Waals surface area contributed by atoms with Crippen molar-refractivity contribution in [1.29, 1.82) is 0 Å². The molecule has 0 unspecified atom stereocenters. The number of hydrogen-bond donors (Lipinski definition) is 0. The zero-order valence-electron chi connectivity index (χ0n) is 12.9. The fraction of sp³-hybridized carbons (Fsp3) is 0.500. The van der Waals surface area contributed by atoms with Crippen LogP contribution in [0.15, 0.2) is 18.2 Å². The number of likely N-dealkylation sites (tertiary alicyclic amines) is 1. The van der Waals surface area contributed by atoms with E-state index >= 15 is 0 Å². The molecule has 0 N–H and O–H groups in total. The summed E-state index contributed by atoms with van der Waals surface area (Å²) in [6.07, 6.45) is 0.246. The second kappa shape index (κ2) is 6.47. The maximum absolute atomic E-state index is 12.5. The molecule has 0 saturated carbocycles. The van der Waals surface area contributed by atoms with E-state index in [9.17, 15) is 9.59 Å². The van der Waals surface area contributed by atoms with E-state index in [-0.39, 0.29) is 17.8 Å². The molecule has 0 aromatic heterocycles. The van der Waals surface area contributed by atoms with Crippen LogP contribution in [0.2, 0.25) is 10.0 Å². The highest BCUT2D eigenvalue weighted by molar-refractivity contribution is 6.42. The molecular formula is C16H19Cl2NO3. The van der Waals surface area contributed by atoms with Gasteiger partial charge in [0.1, 0.15) is 5.60 Å². The lowest BCUT2D eigenvalue weighted by molar-refractivity contribution is 0.0289. The minimum absolute atomic E-state index is 0.0235. The summed E-state index contributed by atoms with van der Waals surface area (Å²) in [4.78, 5) is 26.1. The predicted octanol–water partition coefficient (Wildman–Crippen LogP) is 4.43. The second-order valence-electron chi connectivity index (χ2n) is 6.41. The van der Waals surface area contributed by atoms with E-state index in [1.54, 1.807) is 23.1 Å². The molecule has 2 rings (SSSR count). The van der Waals surface area contributed by atoms with Gasteiger partial charge in [0.2, 0.25) is 0 Å². The molecule has 1 aromatic rings. The van der Waals surface area contributed by atoms with Gasteiger partial charge in [-0.1, -0.05) is 23.2 Å². The molecule has 0 aliphatic carbocycles. The number of hydrogen-bond acceptors (Lipinski definition) is 3. The standard InChI is InChI=1S/C16H19Cl2NO3/c1-16(2,3)22-15(21)19-7-6-11(9-19)14(20)10-4-5-12(17)13(18)8-10/h4-5,8,11H,6-7,9H2,1-3H3/t11-/m1/s1. The number of Topliss-reactive ketones (excluding diaryl/α,β-unsaturated/α-hetero) is 1. The molecule has 120 valence electrons. The molecule has 0 spiro atoms. The number of rotatable bonds is 2. The van der Waals surface area contributed by atoms with Crippen LogP contribution in [0.4, 0.5) is 4.79 Å². The van der Waals surface area contributed by atoms with Crippen molar-refractivity contribution in [3.8, 4) is 0 Å². The van der Waals surface area contributed by atoms with Gasteiger partial charge in [-0.3, -0.25) is 4.79 Å². The highest BCUT2D eigenvalue weighted by Gasteiger charge is 2.33. The third-order valence-corrected chi connectivity index (χ3v) is 4.15. The van der Waals surface area contributed by atoms with Crippen molar-refractivity contribution in [3.63, 3.8) is 0 Å². The Bertz CT molecular complexity index is 596. The molecule has 0 radical (unpaired) electrons. The molecule has 1 aliphatic heterocycles. The number of halogens is 2. The largest absolute Gasteiger partial charge is 0.444 e. The van der Waals surface area contributed by atoms with Crippen LogP contribution < -0.4 is 0 Å². The maximum Gasteiger partial charge on any atom is 0.410 e. The monoisotopic (exact) mass is 343 g/mol. The first kappa shape index (κ1) is 17.1. The second-order valence-corrected chi connectivity index (χ2v) is 7.22. The van der Waals surface area contributed by atoms with Crippen LogP contribution in [0.25, 0.3) is 0 Å². The maximum atomic E-state index is 12.5. The number of amides is 1. The number of carbonyl (C=O) groups is 2. The fourth-order valence-electron chi connectivity index (χ4n) is 2.35. The van der Waals surface area contributed by atoms with Gasteiger partial charge in [-0.15, -0.1) is 0 Å². The normalized spacial score (nSPS) is 18.4. The van der Waals surface area contributed by atoms with Gasteiger partial charge in [-0.05, 0) is 45.4 Å². The summed E-state index contributed by atoms with van der Waals surface area (Å²) < 4.78 is 5.33. The molecule has 22 heavy (non-hydrogen) atoms. The van der Waals surface area contributed by atoms with E-state index in [2.05, 4.69) is 0 Å². The lowest BCUT2D eigenvalue weighted by atomic mass is 9.97. The first-order valence-corrected chi connectivity index (χ1v) is 7.90. The van der Waals surface area contributed by atoms with Gasteiger partial charge in [0.15, 0.2) is 5.78 Å². The molecule has 1 aromatic carbocycles. The Morgan fingerprint density at radius 3 is 2.50 bits per heavy atom. The zero-order valence-corrected chi connectivity index (χ0v) is 14.4. The number of nitrogens with zero attached hydrogens (tertiary/aromatic N) is 1. The van der Waals surface area contributed by atoms with Crippen molar-refractivity contribution in [2.24, 2.45) is 5.92 Å². The Kier molecular flexibility index (Phi) is 5.03. The van der Waals surface area contributed by atoms with Crippen LogP contribution in [0.1, 0.15) is 37.6 Å². The Morgan fingerprint density at radius 2 is 1.91 bits per heavy atom. The number of carbonyl (C=O) groups excluding carboxylic acids is 2. The van der Waals surface area contributed by atoms with E-state index in [1.807, 2.05) is 20.8 Å². The minimum atomic E-state index is -0.539. The highest BCUT2D eigenvalue weighted by atomic mass is 35.5. The van der Waals surface area contributed by atoms with Gasteiger partial charge in [0.05, 0.1) is 10.0 Å². The minimum Gasteiger partial charge on any atom is -0.444 e. The van der Waals surface area contributed by atoms with Crippen molar-refractivity contribution >= 4 is 35.1 Å². The number of benzene rings is 1. The molecule has 1 atom stereocenters. The van der Waals surface area contributed by atoms with Crippen LogP contribution >= 0.6 is 23.2 Å². The lowest BCUT2D eigenvalue weighted by Crippen LogP contribution is -2.35.